The van der Waals surface area contributed by atoms with Crippen molar-refractivity contribution >= 4 is 5.57 Å². The summed E-state index contributed by atoms with van der Waals surface area (Å²) >= 11 is 0. The highest BCUT2D eigenvalue weighted by Gasteiger charge is 1.96. The Bertz CT molecular complexity index is 308. The Labute approximate surface area is 105 Å². The number of ether oxygens (including phenoxy) is 1. The van der Waals surface area contributed by atoms with Crippen molar-refractivity contribution in [3.05, 3.63) is 42.5 Å². The summed E-state index contributed by atoms with van der Waals surface area (Å²) < 4.78 is 5.01. The van der Waals surface area contributed by atoms with E-state index in [1.54, 1.807) is 7.11 Å². The van der Waals surface area contributed by atoms with Gasteiger partial charge in [0.05, 0.1) is 0 Å². The van der Waals surface area contributed by atoms with Gasteiger partial charge in [0.2, 0.25) is 0 Å². The largest absolute Gasteiger partial charge is 0.385 e. The summed E-state index contributed by atoms with van der Waals surface area (Å²) in [6, 6.07) is 10.3. The normalized spacial score (nSPS) is 10.4. The maximum absolute atomic E-state index is 5.01. The molecule has 0 spiro atoms. The number of hydrogen-bond acceptors (Lipinski definition) is 2. The average Bonchev–Trinajstić information content (AvgIpc) is 2.38. The van der Waals surface area contributed by atoms with Gasteiger partial charge in [0, 0.05) is 20.3 Å². The van der Waals surface area contributed by atoms with E-state index in [1.807, 2.05) is 18.2 Å². The second kappa shape index (κ2) is 8.97. The Morgan fingerprint density at radius 3 is 2.65 bits per heavy atom. The van der Waals surface area contributed by atoms with Gasteiger partial charge in [-0.3, -0.25) is 0 Å². The second-order valence-electron chi connectivity index (χ2n) is 4.20. The summed E-state index contributed by atoms with van der Waals surface area (Å²) in [6.07, 6.45) is 3.57. The standard InChI is InChI=1S/C15H23NO/c1-14(15-9-5-3-6-10-15)13-16-11-7-4-8-12-17-2/h3,5-6,9-10,16H,1,4,7-8,11-13H2,2H3. The summed E-state index contributed by atoms with van der Waals surface area (Å²) in [6.45, 7) is 6.88. The number of benzene rings is 1. The Morgan fingerprint density at radius 1 is 1.18 bits per heavy atom. The van der Waals surface area contributed by atoms with Crippen LogP contribution in [0.3, 0.4) is 0 Å². The molecule has 0 heterocycles. The van der Waals surface area contributed by atoms with E-state index in [0.29, 0.717) is 0 Å². The predicted octanol–water partition coefficient (Wildman–Crippen LogP) is 3.11. The highest BCUT2D eigenvalue weighted by molar-refractivity contribution is 5.64. The van der Waals surface area contributed by atoms with E-state index in [9.17, 15) is 0 Å². The van der Waals surface area contributed by atoms with Crippen LogP contribution in [0.15, 0.2) is 36.9 Å². The van der Waals surface area contributed by atoms with Crippen LogP contribution in [0.4, 0.5) is 0 Å². The molecular weight excluding hydrogens is 210 g/mol. The molecule has 0 aliphatic rings. The van der Waals surface area contributed by atoms with Gasteiger partial charge in [0.1, 0.15) is 0 Å². The first-order chi connectivity index (χ1) is 8.34. The minimum Gasteiger partial charge on any atom is -0.385 e. The molecule has 17 heavy (non-hydrogen) atoms. The van der Waals surface area contributed by atoms with Gasteiger partial charge in [-0.2, -0.15) is 0 Å². The van der Waals surface area contributed by atoms with Crippen LogP contribution in [0.1, 0.15) is 24.8 Å². The van der Waals surface area contributed by atoms with Gasteiger partial charge in [-0.05, 0) is 36.9 Å². The zero-order valence-electron chi connectivity index (χ0n) is 10.7. The third kappa shape index (κ3) is 6.25. The van der Waals surface area contributed by atoms with Crippen LogP contribution in [0.2, 0.25) is 0 Å². The molecule has 1 aromatic carbocycles. The van der Waals surface area contributed by atoms with Crippen molar-refractivity contribution in [3.8, 4) is 0 Å². The summed E-state index contributed by atoms with van der Waals surface area (Å²) in [5.74, 6) is 0. The van der Waals surface area contributed by atoms with E-state index in [1.165, 1.54) is 18.4 Å². The molecule has 2 nitrogen and oxygen atoms in total. The molecule has 0 atom stereocenters. The molecule has 0 amide bonds. The highest BCUT2D eigenvalue weighted by Crippen LogP contribution is 2.09. The van der Waals surface area contributed by atoms with E-state index in [4.69, 9.17) is 4.74 Å². The first kappa shape index (κ1) is 13.9. The molecule has 2 heteroatoms. The Morgan fingerprint density at radius 2 is 1.94 bits per heavy atom. The van der Waals surface area contributed by atoms with Gasteiger partial charge in [0.15, 0.2) is 0 Å². The summed E-state index contributed by atoms with van der Waals surface area (Å²) in [7, 11) is 1.75. The molecule has 0 bridgehead atoms. The van der Waals surface area contributed by atoms with Crippen molar-refractivity contribution in [2.45, 2.75) is 19.3 Å². The lowest BCUT2D eigenvalue weighted by atomic mass is 10.1. The molecule has 0 saturated heterocycles. The van der Waals surface area contributed by atoms with Gasteiger partial charge >= 0.3 is 0 Å². The quantitative estimate of drug-likeness (QED) is 0.662. The van der Waals surface area contributed by atoms with E-state index in [0.717, 1.165) is 31.7 Å². The fraction of sp³-hybridized carbons (Fsp3) is 0.467. The molecule has 0 aliphatic carbocycles. The van der Waals surface area contributed by atoms with Crippen LogP contribution < -0.4 is 5.32 Å². The van der Waals surface area contributed by atoms with Crippen molar-refractivity contribution in [2.75, 3.05) is 26.8 Å². The molecule has 0 aliphatic heterocycles. The lowest BCUT2D eigenvalue weighted by Gasteiger charge is -2.07. The maximum Gasteiger partial charge on any atom is 0.0462 e. The fourth-order valence-corrected chi connectivity index (χ4v) is 1.69. The van der Waals surface area contributed by atoms with Crippen LogP contribution in [-0.4, -0.2) is 26.8 Å². The van der Waals surface area contributed by atoms with Gasteiger partial charge in [0.25, 0.3) is 0 Å². The minimum atomic E-state index is 0.869. The van der Waals surface area contributed by atoms with E-state index in [2.05, 4.69) is 24.0 Å². The molecule has 1 N–H and O–H groups in total. The van der Waals surface area contributed by atoms with Crippen LogP contribution >= 0.6 is 0 Å². The molecule has 0 saturated carbocycles. The van der Waals surface area contributed by atoms with Crippen LogP contribution in [0, 0.1) is 0 Å². The molecule has 94 valence electrons. The first-order valence-corrected chi connectivity index (χ1v) is 6.27. The number of unbranched alkanes of at least 4 members (excludes halogenated alkanes) is 2. The first-order valence-electron chi connectivity index (χ1n) is 6.27. The predicted molar refractivity (Wildman–Crippen MR) is 74.1 cm³/mol. The SMILES string of the molecule is C=C(CNCCCCCOC)c1ccccc1. The van der Waals surface area contributed by atoms with Crippen molar-refractivity contribution in [2.24, 2.45) is 0 Å². The van der Waals surface area contributed by atoms with Gasteiger partial charge < -0.3 is 10.1 Å². The van der Waals surface area contributed by atoms with E-state index in [-0.39, 0.29) is 0 Å². The zero-order chi connectivity index (χ0) is 12.3. The molecule has 1 aromatic rings. The highest BCUT2D eigenvalue weighted by atomic mass is 16.5. The molecule has 1 rings (SSSR count). The molecule has 0 aromatic heterocycles. The molecule has 0 unspecified atom stereocenters. The summed E-state index contributed by atoms with van der Waals surface area (Å²) in [5.41, 5.74) is 2.38. The number of methoxy groups -OCH3 is 1. The van der Waals surface area contributed by atoms with Crippen molar-refractivity contribution in [3.63, 3.8) is 0 Å². The third-order valence-electron chi connectivity index (χ3n) is 2.72. The molecule has 0 radical (unpaired) electrons. The van der Waals surface area contributed by atoms with Crippen LogP contribution in [0.25, 0.3) is 5.57 Å². The zero-order valence-corrected chi connectivity index (χ0v) is 10.7. The van der Waals surface area contributed by atoms with E-state index >= 15 is 0 Å². The number of nitrogens with one attached hydrogen (secondary N) is 1. The monoisotopic (exact) mass is 233 g/mol. The number of rotatable bonds is 9. The Hall–Kier alpha value is -1.12. The van der Waals surface area contributed by atoms with Crippen LogP contribution in [-0.2, 0) is 4.74 Å². The van der Waals surface area contributed by atoms with Gasteiger partial charge in [-0.15, -0.1) is 0 Å². The topological polar surface area (TPSA) is 21.3 Å². The van der Waals surface area contributed by atoms with Crippen molar-refractivity contribution < 1.29 is 4.74 Å². The fourth-order valence-electron chi connectivity index (χ4n) is 1.69. The number of hydrogen-bond donors (Lipinski definition) is 1. The second-order valence-corrected chi connectivity index (χ2v) is 4.20. The average molecular weight is 233 g/mol. The van der Waals surface area contributed by atoms with Gasteiger partial charge in [-0.25, -0.2) is 0 Å². The molecule has 0 fully saturated rings. The maximum atomic E-state index is 5.01. The molecular formula is C15H23NO. The lowest BCUT2D eigenvalue weighted by Crippen LogP contribution is -2.17. The summed E-state index contributed by atoms with van der Waals surface area (Å²) in [5, 5.41) is 3.42. The lowest BCUT2D eigenvalue weighted by molar-refractivity contribution is 0.192. The Balaban J connectivity index is 2.05. The third-order valence-corrected chi connectivity index (χ3v) is 2.72. The van der Waals surface area contributed by atoms with Crippen molar-refractivity contribution in [1.82, 2.24) is 5.32 Å². The van der Waals surface area contributed by atoms with E-state index < -0.39 is 0 Å². The Kier molecular flexibility index (Phi) is 7.35. The van der Waals surface area contributed by atoms with Crippen molar-refractivity contribution in [1.29, 1.82) is 0 Å². The summed E-state index contributed by atoms with van der Waals surface area (Å²) in [4.78, 5) is 0. The van der Waals surface area contributed by atoms with Gasteiger partial charge in [-0.1, -0.05) is 36.9 Å². The smallest absolute Gasteiger partial charge is 0.0462 e. The van der Waals surface area contributed by atoms with Crippen LogP contribution in [0.5, 0.6) is 0 Å². The minimum absolute atomic E-state index is 0.869.